The van der Waals surface area contributed by atoms with E-state index in [0.29, 0.717) is 17.5 Å². The Hall–Kier alpha value is -1.69. The third-order valence-corrected chi connectivity index (χ3v) is 3.26. The molecule has 0 bridgehead atoms. The van der Waals surface area contributed by atoms with E-state index in [0.717, 1.165) is 13.0 Å². The van der Waals surface area contributed by atoms with Gasteiger partial charge in [0.2, 0.25) is 11.7 Å². The van der Waals surface area contributed by atoms with Crippen molar-refractivity contribution >= 4 is 0 Å². The Balaban J connectivity index is 1.75. The molecule has 0 aromatic carbocycles. The van der Waals surface area contributed by atoms with Crippen LogP contribution in [0.4, 0.5) is 0 Å². The number of imidazole rings is 1. The van der Waals surface area contributed by atoms with Gasteiger partial charge in [-0.05, 0) is 19.4 Å². The van der Waals surface area contributed by atoms with Crippen LogP contribution in [0.5, 0.6) is 0 Å². The molecule has 3 heterocycles. The van der Waals surface area contributed by atoms with Crippen LogP contribution in [0.15, 0.2) is 16.9 Å². The summed E-state index contributed by atoms with van der Waals surface area (Å²) in [5.41, 5.74) is 0. The molecule has 6 nitrogen and oxygen atoms in total. The van der Waals surface area contributed by atoms with Crippen LogP contribution in [-0.4, -0.2) is 26.7 Å². The molecule has 96 valence electrons. The van der Waals surface area contributed by atoms with Crippen LogP contribution in [0.3, 0.4) is 0 Å². The van der Waals surface area contributed by atoms with Gasteiger partial charge in [-0.1, -0.05) is 24.4 Å². The van der Waals surface area contributed by atoms with Gasteiger partial charge in [0.15, 0.2) is 5.82 Å². The monoisotopic (exact) mass is 247 g/mol. The highest BCUT2D eigenvalue weighted by Crippen LogP contribution is 2.22. The Morgan fingerprint density at radius 1 is 1.22 bits per heavy atom. The highest BCUT2D eigenvalue weighted by Gasteiger charge is 2.20. The second-order valence-electron chi connectivity index (χ2n) is 4.60. The van der Waals surface area contributed by atoms with E-state index in [4.69, 9.17) is 4.52 Å². The lowest BCUT2D eigenvalue weighted by atomic mass is 10.0. The van der Waals surface area contributed by atoms with Crippen LogP contribution in [0, 0.1) is 0 Å². The maximum Gasteiger partial charge on any atom is 0.244 e. The van der Waals surface area contributed by atoms with Gasteiger partial charge in [-0.3, -0.25) is 0 Å². The van der Waals surface area contributed by atoms with Crippen molar-refractivity contribution in [3.8, 4) is 11.6 Å². The van der Waals surface area contributed by atoms with Crippen molar-refractivity contribution in [1.82, 2.24) is 25.4 Å². The number of rotatable bonds is 2. The van der Waals surface area contributed by atoms with Crippen LogP contribution in [-0.2, 0) is 0 Å². The van der Waals surface area contributed by atoms with E-state index in [9.17, 15) is 0 Å². The van der Waals surface area contributed by atoms with Crippen LogP contribution in [0.2, 0.25) is 0 Å². The molecule has 1 aliphatic heterocycles. The molecule has 1 atom stereocenters. The molecule has 2 aromatic heterocycles. The first-order valence-electron chi connectivity index (χ1n) is 6.50. The first kappa shape index (κ1) is 11.4. The minimum absolute atomic E-state index is 0.182. The fourth-order valence-corrected chi connectivity index (χ4v) is 2.28. The Morgan fingerprint density at radius 2 is 2.17 bits per heavy atom. The first-order chi connectivity index (χ1) is 8.93. The highest BCUT2D eigenvalue weighted by molar-refractivity contribution is 5.40. The van der Waals surface area contributed by atoms with Gasteiger partial charge in [0.25, 0.3) is 0 Å². The summed E-state index contributed by atoms with van der Waals surface area (Å²) < 4.78 is 5.34. The van der Waals surface area contributed by atoms with E-state index < -0.39 is 0 Å². The van der Waals surface area contributed by atoms with Crippen LogP contribution < -0.4 is 5.32 Å². The molecule has 6 heteroatoms. The number of nitrogens with zero attached hydrogens (tertiary/aromatic N) is 3. The minimum Gasteiger partial charge on any atom is -0.342 e. The number of aromatic nitrogens is 4. The lowest BCUT2D eigenvalue weighted by molar-refractivity contribution is 0.307. The molecule has 2 N–H and O–H groups in total. The van der Waals surface area contributed by atoms with Crippen molar-refractivity contribution in [2.45, 2.75) is 38.1 Å². The Bertz CT molecular complexity index is 470. The van der Waals surface area contributed by atoms with Crippen molar-refractivity contribution in [2.75, 3.05) is 6.54 Å². The lowest BCUT2D eigenvalue weighted by Gasteiger charge is -2.17. The number of hydrogen-bond acceptors (Lipinski definition) is 5. The molecular weight excluding hydrogens is 230 g/mol. The van der Waals surface area contributed by atoms with Gasteiger partial charge in [-0.15, -0.1) is 0 Å². The summed E-state index contributed by atoms with van der Waals surface area (Å²) in [6.07, 6.45) is 9.50. The van der Waals surface area contributed by atoms with E-state index in [1.165, 1.54) is 25.7 Å². The summed E-state index contributed by atoms with van der Waals surface area (Å²) in [5, 5.41) is 7.44. The van der Waals surface area contributed by atoms with E-state index in [2.05, 4.69) is 25.4 Å². The zero-order valence-electron chi connectivity index (χ0n) is 10.2. The summed E-state index contributed by atoms with van der Waals surface area (Å²) >= 11 is 0. The van der Waals surface area contributed by atoms with Crippen molar-refractivity contribution in [1.29, 1.82) is 0 Å². The third kappa shape index (κ3) is 2.43. The SMILES string of the molecule is c1c[nH]c(-c2noc(C3CCCCCCN3)n2)n1. The number of hydrogen-bond donors (Lipinski definition) is 2. The first-order valence-corrected chi connectivity index (χ1v) is 6.50. The molecule has 0 spiro atoms. The smallest absolute Gasteiger partial charge is 0.244 e. The van der Waals surface area contributed by atoms with Crippen molar-refractivity contribution < 1.29 is 4.52 Å². The van der Waals surface area contributed by atoms with Crippen LogP contribution >= 0.6 is 0 Å². The largest absolute Gasteiger partial charge is 0.342 e. The number of H-pyrrole nitrogens is 1. The van der Waals surface area contributed by atoms with Gasteiger partial charge < -0.3 is 14.8 Å². The van der Waals surface area contributed by atoms with Crippen LogP contribution in [0.25, 0.3) is 11.6 Å². The van der Waals surface area contributed by atoms with E-state index in [1.807, 2.05) is 0 Å². The normalized spacial score (nSPS) is 21.4. The molecule has 1 unspecified atom stereocenters. The number of aromatic amines is 1. The quantitative estimate of drug-likeness (QED) is 0.849. The van der Waals surface area contributed by atoms with Crippen molar-refractivity contribution in [3.05, 3.63) is 18.3 Å². The molecule has 1 aliphatic rings. The lowest BCUT2D eigenvalue weighted by Crippen LogP contribution is -2.24. The molecule has 0 saturated carbocycles. The van der Waals surface area contributed by atoms with Crippen LogP contribution in [0.1, 0.15) is 44.0 Å². The second-order valence-corrected chi connectivity index (χ2v) is 4.60. The van der Waals surface area contributed by atoms with Gasteiger partial charge >= 0.3 is 0 Å². The van der Waals surface area contributed by atoms with Crippen molar-refractivity contribution in [2.24, 2.45) is 0 Å². The van der Waals surface area contributed by atoms with Gasteiger partial charge in [0, 0.05) is 12.4 Å². The second kappa shape index (κ2) is 5.30. The summed E-state index contributed by atoms with van der Waals surface area (Å²) in [4.78, 5) is 11.5. The standard InChI is InChI=1S/C12H17N5O/c1-2-4-6-13-9(5-3-1)12-16-11(17-18-12)10-14-7-8-15-10/h7-9,13H,1-6H2,(H,14,15). The molecule has 0 radical (unpaired) electrons. The van der Waals surface area contributed by atoms with Gasteiger partial charge in [0.05, 0.1) is 6.04 Å². The molecule has 18 heavy (non-hydrogen) atoms. The predicted octanol–water partition coefficient (Wildman–Crippen LogP) is 2.05. The topological polar surface area (TPSA) is 79.6 Å². The average molecular weight is 247 g/mol. The molecule has 2 aromatic rings. The molecule has 1 fully saturated rings. The fraction of sp³-hybridized carbons (Fsp3) is 0.583. The van der Waals surface area contributed by atoms with E-state index >= 15 is 0 Å². The number of nitrogens with one attached hydrogen (secondary N) is 2. The summed E-state index contributed by atoms with van der Waals surface area (Å²) in [6, 6.07) is 0.182. The molecule has 1 saturated heterocycles. The van der Waals surface area contributed by atoms with Crippen molar-refractivity contribution in [3.63, 3.8) is 0 Å². The summed E-state index contributed by atoms with van der Waals surface area (Å²) in [6.45, 7) is 1.02. The fourth-order valence-electron chi connectivity index (χ4n) is 2.28. The summed E-state index contributed by atoms with van der Waals surface area (Å²) in [5.74, 6) is 1.85. The average Bonchev–Trinajstić information content (AvgIpc) is 2.98. The third-order valence-electron chi connectivity index (χ3n) is 3.26. The molecule has 0 aliphatic carbocycles. The summed E-state index contributed by atoms with van der Waals surface area (Å²) in [7, 11) is 0. The maximum absolute atomic E-state index is 5.34. The zero-order valence-corrected chi connectivity index (χ0v) is 10.2. The van der Waals surface area contributed by atoms with Gasteiger partial charge in [-0.2, -0.15) is 4.98 Å². The molecule has 0 amide bonds. The Morgan fingerprint density at radius 3 is 3.06 bits per heavy atom. The Labute approximate surface area is 105 Å². The van der Waals surface area contributed by atoms with Gasteiger partial charge in [0.1, 0.15) is 0 Å². The zero-order chi connectivity index (χ0) is 12.2. The van der Waals surface area contributed by atoms with E-state index in [1.54, 1.807) is 12.4 Å². The molecule has 3 rings (SSSR count). The van der Waals surface area contributed by atoms with E-state index in [-0.39, 0.29) is 6.04 Å². The van der Waals surface area contributed by atoms with Gasteiger partial charge in [-0.25, -0.2) is 4.98 Å². The molecular formula is C12H17N5O. The Kier molecular flexibility index (Phi) is 3.36. The highest BCUT2D eigenvalue weighted by atomic mass is 16.5. The maximum atomic E-state index is 5.34. The predicted molar refractivity (Wildman–Crippen MR) is 65.7 cm³/mol. The minimum atomic E-state index is 0.182.